The fraction of sp³-hybridized carbons (Fsp3) is 1.00. The van der Waals surface area contributed by atoms with Gasteiger partial charge in [0.2, 0.25) is 0 Å². The third-order valence-electron chi connectivity index (χ3n) is 4.23. The minimum atomic E-state index is -1.40. The Morgan fingerprint density at radius 1 is 1.24 bits per heavy atom. The fourth-order valence-electron chi connectivity index (χ4n) is 2.24. The maximum Gasteiger partial charge on any atom is 0.174 e. The van der Waals surface area contributed by atoms with Crippen LogP contribution in [0.25, 0.3) is 0 Å². The van der Waals surface area contributed by atoms with Gasteiger partial charge < -0.3 is 14.3 Å². The monoisotopic (exact) mass is 276 g/mol. The zero-order chi connectivity index (χ0) is 12.9. The maximum atomic E-state index is 8.60. The molecular formula is C12H28O3Si2. The van der Waals surface area contributed by atoms with Crippen molar-refractivity contribution in [2.45, 2.75) is 57.6 Å². The minimum Gasteiger partial charge on any atom is -0.417 e. The molecule has 0 aliphatic carbocycles. The second-order valence-corrected chi connectivity index (χ2v) is 21.3. The van der Waals surface area contributed by atoms with Crippen LogP contribution in [0.4, 0.5) is 0 Å². The summed E-state index contributed by atoms with van der Waals surface area (Å²) in [5.74, 6) is 0. The van der Waals surface area contributed by atoms with Crippen molar-refractivity contribution < 1.29 is 14.3 Å². The van der Waals surface area contributed by atoms with Gasteiger partial charge in [0.15, 0.2) is 7.83 Å². The van der Waals surface area contributed by atoms with Crippen molar-refractivity contribution in [1.29, 1.82) is 0 Å². The zero-order valence-electron chi connectivity index (χ0n) is 11.8. The Balaban J connectivity index is 2.24. The summed E-state index contributed by atoms with van der Waals surface area (Å²) in [5.41, 5.74) is 0. The molecule has 1 heterocycles. The standard InChI is InChI=1S/C12H28O3Si2/c1-16(2)11-7-12(15-17(16,3)4)6-5-9-14-10-8-13/h12-13H,5-11H2,1-4H3. The molecule has 17 heavy (non-hydrogen) atoms. The molecule has 102 valence electrons. The van der Waals surface area contributed by atoms with E-state index in [1.54, 1.807) is 0 Å². The van der Waals surface area contributed by atoms with Crippen LogP contribution >= 0.6 is 0 Å². The van der Waals surface area contributed by atoms with E-state index < -0.39 is 15.4 Å². The van der Waals surface area contributed by atoms with Crippen molar-refractivity contribution in [3.8, 4) is 0 Å². The highest BCUT2D eigenvalue weighted by Crippen LogP contribution is 2.34. The van der Waals surface area contributed by atoms with Crippen LogP contribution in [-0.4, -0.2) is 46.5 Å². The molecule has 3 nitrogen and oxygen atoms in total. The van der Waals surface area contributed by atoms with Gasteiger partial charge in [-0.15, -0.1) is 0 Å². The molecule has 0 saturated carbocycles. The zero-order valence-corrected chi connectivity index (χ0v) is 13.8. The number of aliphatic hydroxyl groups is 1. The molecule has 1 fully saturated rings. The van der Waals surface area contributed by atoms with E-state index in [1.165, 1.54) is 12.5 Å². The smallest absolute Gasteiger partial charge is 0.174 e. The van der Waals surface area contributed by atoms with Crippen molar-refractivity contribution >= 4 is 15.4 Å². The van der Waals surface area contributed by atoms with Gasteiger partial charge in [0.25, 0.3) is 0 Å². The lowest BCUT2D eigenvalue weighted by molar-refractivity contribution is 0.0803. The van der Waals surface area contributed by atoms with Crippen molar-refractivity contribution in [3.63, 3.8) is 0 Å². The molecule has 0 bridgehead atoms. The summed E-state index contributed by atoms with van der Waals surface area (Å²) in [6, 6.07) is 1.42. The summed E-state index contributed by atoms with van der Waals surface area (Å²) in [5, 5.41) is 8.60. The van der Waals surface area contributed by atoms with Gasteiger partial charge in [-0.05, 0) is 32.4 Å². The van der Waals surface area contributed by atoms with E-state index in [0.717, 1.165) is 19.4 Å². The van der Waals surface area contributed by atoms with Gasteiger partial charge in [-0.2, -0.15) is 0 Å². The van der Waals surface area contributed by atoms with Crippen molar-refractivity contribution in [2.75, 3.05) is 19.8 Å². The van der Waals surface area contributed by atoms with Crippen LogP contribution < -0.4 is 0 Å². The van der Waals surface area contributed by atoms with E-state index in [0.29, 0.717) is 12.7 Å². The summed E-state index contributed by atoms with van der Waals surface area (Å²) in [6.07, 6.45) is 3.88. The van der Waals surface area contributed by atoms with Crippen LogP contribution in [-0.2, 0) is 9.16 Å². The maximum absolute atomic E-state index is 8.60. The largest absolute Gasteiger partial charge is 0.417 e. The third-order valence-corrected chi connectivity index (χ3v) is 20.8. The Hall–Kier alpha value is 0.314. The van der Waals surface area contributed by atoms with E-state index in [9.17, 15) is 0 Å². The molecule has 1 saturated heterocycles. The Labute approximate surface area is 107 Å². The topological polar surface area (TPSA) is 38.7 Å². The summed E-state index contributed by atoms with van der Waals surface area (Å²) in [6.45, 7) is 11.1. The Morgan fingerprint density at radius 3 is 2.53 bits per heavy atom. The van der Waals surface area contributed by atoms with Gasteiger partial charge in [-0.1, -0.05) is 19.1 Å². The van der Waals surface area contributed by atoms with Crippen LogP contribution in [0, 0.1) is 0 Å². The highest BCUT2D eigenvalue weighted by molar-refractivity contribution is 7.38. The average Bonchev–Trinajstić information content (AvgIpc) is 2.23. The molecule has 1 unspecified atom stereocenters. The molecule has 1 N–H and O–H groups in total. The summed E-state index contributed by atoms with van der Waals surface area (Å²) in [4.78, 5) is 0. The molecule has 1 aliphatic heterocycles. The van der Waals surface area contributed by atoms with E-state index in [-0.39, 0.29) is 6.61 Å². The molecule has 1 atom stereocenters. The first-order valence-electron chi connectivity index (χ1n) is 6.75. The van der Waals surface area contributed by atoms with Crippen molar-refractivity contribution in [2.24, 2.45) is 0 Å². The highest BCUT2D eigenvalue weighted by Gasteiger charge is 2.47. The number of aliphatic hydroxyl groups excluding tert-OH is 1. The SMILES string of the molecule is C[Si]1(C)CCC(CCCOCCO)O[Si]1(C)C. The number of ether oxygens (including phenoxy) is 1. The molecule has 1 aliphatic rings. The van der Waals surface area contributed by atoms with Crippen LogP contribution in [0.2, 0.25) is 32.2 Å². The van der Waals surface area contributed by atoms with Gasteiger partial charge in [0.05, 0.1) is 20.8 Å². The third kappa shape index (κ3) is 4.48. The van der Waals surface area contributed by atoms with E-state index in [2.05, 4.69) is 26.2 Å². The molecule has 5 heteroatoms. The molecule has 0 aromatic carbocycles. The van der Waals surface area contributed by atoms with Crippen LogP contribution in [0.3, 0.4) is 0 Å². The predicted octanol–water partition coefficient (Wildman–Crippen LogP) is 2.56. The van der Waals surface area contributed by atoms with Crippen LogP contribution in [0.1, 0.15) is 19.3 Å². The molecule has 0 aromatic rings. The fourth-order valence-corrected chi connectivity index (χ4v) is 8.97. The van der Waals surface area contributed by atoms with Gasteiger partial charge in [0.1, 0.15) is 0 Å². The minimum absolute atomic E-state index is 0.125. The number of hydrogen-bond acceptors (Lipinski definition) is 3. The molecule has 0 spiro atoms. The van der Waals surface area contributed by atoms with Crippen molar-refractivity contribution in [1.82, 2.24) is 0 Å². The highest BCUT2D eigenvalue weighted by atomic mass is 29.3. The normalized spacial score (nSPS) is 27.0. The summed E-state index contributed by atoms with van der Waals surface area (Å²) in [7, 11) is -2.47. The lowest BCUT2D eigenvalue weighted by Crippen LogP contribution is -2.61. The quantitative estimate of drug-likeness (QED) is 0.598. The van der Waals surface area contributed by atoms with E-state index in [4.69, 9.17) is 14.3 Å². The Kier molecular flexibility index (Phi) is 5.85. The number of hydrogen-bond donors (Lipinski definition) is 1. The van der Waals surface area contributed by atoms with Gasteiger partial charge in [-0.3, -0.25) is 0 Å². The molecule has 0 amide bonds. The van der Waals surface area contributed by atoms with E-state index in [1.807, 2.05) is 0 Å². The van der Waals surface area contributed by atoms with Gasteiger partial charge >= 0.3 is 0 Å². The van der Waals surface area contributed by atoms with E-state index >= 15 is 0 Å². The lowest BCUT2D eigenvalue weighted by Gasteiger charge is -2.45. The summed E-state index contributed by atoms with van der Waals surface area (Å²) < 4.78 is 11.7. The first-order valence-corrected chi connectivity index (χ1v) is 13.9. The van der Waals surface area contributed by atoms with Gasteiger partial charge in [0, 0.05) is 12.7 Å². The lowest BCUT2D eigenvalue weighted by atomic mass is 10.1. The van der Waals surface area contributed by atoms with Crippen LogP contribution in [0.15, 0.2) is 0 Å². The number of rotatable bonds is 6. The average molecular weight is 277 g/mol. The summed E-state index contributed by atoms with van der Waals surface area (Å²) >= 11 is 0. The van der Waals surface area contributed by atoms with Crippen molar-refractivity contribution in [3.05, 3.63) is 0 Å². The molecule has 0 radical (unpaired) electrons. The molecule has 0 aromatic heterocycles. The molecular weight excluding hydrogens is 248 g/mol. The Bertz CT molecular complexity index is 232. The van der Waals surface area contributed by atoms with Gasteiger partial charge in [-0.25, -0.2) is 0 Å². The first-order chi connectivity index (χ1) is 7.89. The molecule has 1 rings (SSSR count). The second kappa shape index (κ2) is 6.47. The Morgan fingerprint density at radius 2 is 1.94 bits per heavy atom. The first kappa shape index (κ1) is 15.4. The second-order valence-electron chi connectivity index (χ2n) is 6.15. The van der Waals surface area contributed by atoms with Crippen LogP contribution in [0.5, 0.6) is 0 Å². The predicted molar refractivity (Wildman–Crippen MR) is 76.4 cm³/mol.